The fourth-order valence-corrected chi connectivity index (χ4v) is 2.29. The van der Waals surface area contributed by atoms with Crippen molar-refractivity contribution in [2.45, 2.75) is 6.92 Å². The molecule has 0 saturated carbocycles. The van der Waals surface area contributed by atoms with Crippen molar-refractivity contribution in [2.24, 2.45) is 0 Å². The maximum absolute atomic E-state index is 5.50. The van der Waals surface area contributed by atoms with Gasteiger partial charge in [-0.25, -0.2) is 0 Å². The first-order valence-electron chi connectivity index (χ1n) is 6.20. The third kappa shape index (κ3) is 2.03. The third-order valence-corrected chi connectivity index (χ3v) is 3.22. The Morgan fingerprint density at radius 2 is 1.95 bits per heavy atom. The number of hydrogen-bond acceptors (Lipinski definition) is 2. The zero-order valence-electron chi connectivity index (χ0n) is 11.2. The number of methoxy groups -OCH3 is 1. The maximum atomic E-state index is 5.50. The third-order valence-electron chi connectivity index (χ3n) is 3.22. The molecular weight excluding hydrogens is 493 g/mol. The molecule has 3 aromatic rings. The van der Waals surface area contributed by atoms with Crippen molar-refractivity contribution in [1.29, 1.82) is 0 Å². The van der Waals surface area contributed by atoms with Crippen LogP contribution in [0, 0.1) is 13.0 Å². The molecule has 0 aliphatic rings. The second-order valence-electron chi connectivity index (χ2n) is 4.49. The smallest absolute Gasteiger partial charge is 0.124 e. The van der Waals surface area contributed by atoms with E-state index in [2.05, 4.69) is 42.2 Å². The Kier molecular flexibility index (Phi) is 3.34. The molecule has 108 valence electrons. The molecule has 0 amide bonds. The van der Waals surface area contributed by atoms with Gasteiger partial charge in [0.15, 0.2) is 0 Å². The first-order chi connectivity index (χ1) is 9.29. The summed E-state index contributed by atoms with van der Waals surface area (Å²) in [4.78, 5) is 4.34. The summed E-state index contributed by atoms with van der Waals surface area (Å²) >= 11 is 0. The van der Waals surface area contributed by atoms with Crippen LogP contribution in [0.2, 0.25) is 0 Å². The van der Waals surface area contributed by atoms with Crippen LogP contribution in [0.15, 0.2) is 48.7 Å². The quantitative estimate of drug-likeness (QED) is 0.490. The molecule has 1 aromatic heterocycles. The average molecular weight is 507 g/mol. The summed E-state index contributed by atoms with van der Waals surface area (Å²) in [5, 5.41) is 1.09. The minimum absolute atomic E-state index is 0. The van der Waals surface area contributed by atoms with Crippen molar-refractivity contribution >= 4 is 10.9 Å². The van der Waals surface area contributed by atoms with Crippen LogP contribution in [-0.2, 0) is 0 Å². The Labute approximate surface area is 112 Å². The van der Waals surface area contributed by atoms with E-state index in [1.165, 1.54) is 5.56 Å². The van der Waals surface area contributed by atoms with E-state index >= 15 is 0 Å². The Morgan fingerprint density at radius 3 is 2.75 bits per heavy atom. The summed E-state index contributed by atoms with van der Waals surface area (Å²) in [6.45, 7) is 2.06. The summed E-state index contributed by atoms with van der Waals surface area (Å²) in [6.07, 6.45) is 1.79. The van der Waals surface area contributed by atoms with Gasteiger partial charge in [-0.2, -0.15) is 18.2 Å². The zero-order chi connectivity index (χ0) is 13.2. The van der Waals surface area contributed by atoms with Gasteiger partial charge in [0, 0.05) is 11.8 Å². The second kappa shape index (κ2) is 5.11. The van der Waals surface area contributed by atoms with Crippen LogP contribution in [0.4, 0.5) is 0 Å². The van der Waals surface area contributed by atoms with E-state index in [1.807, 2.05) is 18.2 Å². The zero-order valence-corrected chi connectivity index (χ0v) is 13.5. The predicted octanol–water partition coefficient (Wildman–Crippen LogP) is 4.02. The van der Waals surface area contributed by atoms with Crippen LogP contribution in [0.3, 0.4) is 0 Å². The molecule has 3 rings (SSSR count). The van der Waals surface area contributed by atoms with Crippen LogP contribution in [0.1, 0.15) is 5.56 Å². The van der Waals surface area contributed by atoms with Crippen LogP contribution < -0.4 is 4.74 Å². The molecule has 0 aliphatic heterocycles. The van der Waals surface area contributed by atoms with Gasteiger partial charge in [0.25, 0.3) is 0 Å². The molecule has 0 atom stereocenters. The topological polar surface area (TPSA) is 22.1 Å². The van der Waals surface area contributed by atoms with E-state index < -0.39 is 0 Å². The summed E-state index contributed by atoms with van der Waals surface area (Å²) in [5.74, 6) is 0.886. The fourth-order valence-electron chi connectivity index (χ4n) is 2.29. The van der Waals surface area contributed by atoms with Crippen LogP contribution in [-0.4, -0.2) is 12.1 Å². The monoisotopic (exact) mass is 507 g/mol. The van der Waals surface area contributed by atoms with Gasteiger partial charge in [0.1, 0.15) is 5.75 Å². The van der Waals surface area contributed by atoms with Gasteiger partial charge >= 0.3 is 0 Å². The first kappa shape index (κ1) is 13.1. The molecule has 0 radical (unpaired) electrons. The molecule has 0 saturated heterocycles. The van der Waals surface area contributed by atoms with Gasteiger partial charge in [0.05, 0.1) is 7.11 Å². The summed E-state index contributed by atoms with van der Waals surface area (Å²) in [6, 6.07) is 17.4. The first-order valence-corrected chi connectivity index (χ1v) is 6.20. The number of hydrogen-bond donors (Lipinski definition) is 0. The number of nitrogens with zero attached hydrogens (tertiary/aromatic N) is 1. The van der Waals surface area contributed by atoms with Crippen molar-refractivity contribution in [2.75, 3.05) is 7.11 Å². The normalized spacial score (nSPS) is 10.1. The number of aromatic nitrogens is 1. The fraction of sp³-hybridized carbons (Fsp3) is 0.118. The Bertz CT molecular complexity index is 735. The molecular formula is C17H14NNoO-. The average Bonchev–Trinajstić information content (AvgIpc) is 2.46. The van der Waals surface area contributed by atoms with Crippen LogP contribution in [0.25, 0.3) is 22.0 Å². The molecule has 0 spiro atoms. The minimum atomic E-state index is 0. The standard InChI is InChI=1S/C17H14NO.No/c1-12-8-9-15(17(11-12)19-2)13-5-3-7-16-14(13)6-4-10-18-16;/h3-6,8-11H,1-2H3;/q-1;. The Hall–Kier alpha value is -3.35. The van der Waals surface area contributed by atoms with Crippen LogP contribution >= 0.6 is 0 Å². The largest absolute Gasteiger partial charge is 0.496 e. The number of aryl methyl sites for hydroxylation is 1. The molecule has 20 heavy (non-hydrogen) atoms. The number of pyridine rings is 1. The maximum Gasteiger partial charge on any atom is 0.124 e. The molecule has 0 N–H and O–H groups in total. The molecule has 0 aliphatic carbocycles. The minimum Gasteiger partial charge on any atom is -0.496 e. The predicted molar refractivity (Wildman–Crippen MR) is 77.3 cm³/mol. The number of fused-ring (bicyclic) bond motifs is 1. The molecule has 2 nitrogen and oxygen atoms in total. The molecule has 0 unspecified atom stereocenters. The molecule has 1 heterocycles. The van der Waals surface area contributed by atoms with E-state index in [4.69, 9.17) is 4.74 Å². The summed E-state index contributed by atoms with van der Waals surface area (Å²) < 4.78 is 5.50. The van der Waals surface area contributed by atoms with E-state index in [0.29, 0.717) is 0 Å². The van der Waals surface area contributed by atoms with Crippen molar-refractivity contribution < 1.29 is 4.74 Å². The molecule has 0 fully saturated rings. The number of ether oxygens (including phenoxy) is 1. The number of rotatable bonds is 2. The van der Waals surface area contributed by atoms with E-state index in [-0.39, 0.29) is 0 Å². The Morgan fingerprint density at radius 1 is 1.10 bits per heavy atom. The van der Waals surface area contributed by atoms with Gasteiger partial charge < -0.3 is 4.74 Å². The van der Waals surface area contributed by atoms with Crippen molar-refractivity contribution in [3.8, 4) is 16.9 Å². The Balaban J connectivity index is 0.00000147. The summed E-state index contributed by atoms with van der Waals surface area (Å²) in [5.41, 5.74) is 4.27. The molecule has 3 heteroatoms. The van der Waals surface area contributed by atoms with E-state index in [0.717, 1.165) is 27.8 Å². The van der Waals surface area contributed by atoms with Gasteiger partial charge in [0.2, 0.25) is 0 Å². The van der Waals surface area contributed by atoms with Crippen LogP contribution in [0.5, 0.6) is 5.75 Å². The second-order valence-corrected chi connectivity index (χ2v) is 4.49. The number of benzene rings is 2. The van der Waals surface area contributed by atoms with Gasteiger partial charge in [-0.3, -0.25) is 4.98 Å². The van der Waals surface area contributed by atoms with Gasteiger partial charge in [-0.15, -0.1) is 17.0 Å². The van der Waals surface area contributed by atoms with E-state index in [1.54, 1.807) is 13.3 Å². The summed E-state index contributed by atoms with van der Waals surface area (Å²) in [7, 11) is 1.70. The van der Waals surface area contributed by atoms with Crippen molar-refractivity contribution in [3.63, 3.8) is 0 Å². The SMILES string of the molecule is COc1cc(C)ccc1-c1cc[c-]c2ncccc12.[No]. The van der Waals surface area contributed by atoms with Crippen molar-refractivity contribution in [3.05, 3.63) is 60.3 Å². The molecule has 2 aromatic carbocycles. The van der Waals surface area contributed by atoms with E-state index in [9.17, 15) is 0 Å². The van der Waals surface area contributed by atoms with Crippen molar-refractivity contribution in [1.82, 2.24) is 4.98 Å². The molecule has 0 bridgehead atoms. The van der Waals surface area contributed by atoms with Gasteiger partial charge in [-0.05, 0) is 24.1 Å². The van der Waals surface area contributed by atoms with Gasteiger partial charge in [-0.1, -0.05) is 18.2 Å².